The third kappa shape index (κ3) is 8.44. The lowest BCUT2D eigenvalue weighted by Gasteiger charge is -2.14. The Morgan fingerprint density at radius 1 is 0.871 bits per heavy atom. The highest BCUT2D eigenvalue weighted by Crippen LogP contribution is 2.14. The SMILES string of the molecule is COc1ccc(NC(=O)NC(=O)COC(=O)[C@H](C)NC(=O)COc2ccccc2)cc1. The zero-order chi connectivity index (χ0) is 22.6. The van der Waals surface area contributed by atoms with Gasteiger partial charge in [-0.05, 0) is 43.3 Å². The number of urea groups is 1. The van der Waals surface area contributed by atoms with Crippen molar-refractivity contribution in [2.24, 2.45) is 0 Å². The normalized spacial score (nSPS) is 10.9. The molecule has 0 heterocycles. The number of carbonyl (C=O) groups excluding carboxylic acids is 4. The fraction of sp³-hybridized carbons (Fsp3) is 0.238. The lowest BCUT2D eigenvalue weighted by molar-refractivity contribution is -0.151. The first kappa shape index (κ1) is 23.2. The van der Waals surface area contributed by atoms with Gasteiger partial charge in [-0.25, -0.2) is 9.59 Å². The van der Waals surface area contributed by atoms with Gasteiger partial charge in [-0.1, -0.05) is 18.2 Å². The second-order valence-corrected chi connectivity index (χ2v) is 6.23. The van der Waals surface area contributed by atoms with E-state index in [9.17, 15) is 19.2 Å². The number of rotatable bonds is 9. The maximum Gasteiger partial charge on any atom is 0.328 e. The van der Waals surface area contributed by atoms with Crippen molar-refractivity contribution in [1.29, 1.82) is 0 Å². The van der Waals surface area contributed by atoms with E-state index in [0.29, 0.717) is 17.2 Å². The number of methoxy groups -OCH3 is 1. The Morgan fingerprint density at radius 2 is 1.55 bits per heavy atom. The second kappa shape index (κ2) is 11.8. The molecule has 0 aliphatic heterocycles. The van der Waals surface area contributed by atoms with Crippen LogP contribution in [-0.2, 0) is 19.1 Å². The summed E-state index contributed by atoms with van der Waals surface area (Å²) < 4.78 is 15.1. The van der Waals surface area contributed by atoms with Crippen molar-refractivity contribution in [1.82, 2.24) is 10.6 Å². The highest BCUT2D eigenvalue weighted by molar-refractivity contribution is 6.02. The number of para-hydroxylation sites is 1. The molecule has 0 unspecified atom stereocenters. The Labute approximate surface area is 178 Å². The van der Waals surface area contributed by atoms with Gasteiger partial charge in [0, 0.05) is 5.69 Å². The van der Waals surface area contributed by atoms with Crippen LogP contribution in [0.15, 0.2) is 54.6 Å². The molecule has 10 heteroatoms. The molecule has 4 amide bonds. The first-order valence-electron chi connectivity index (χ1n) is 9.26. The zero-order valence-electron chi connectivity index (χ0n) is 17.0. The largest absolute Gasteiger partial charge is 0.497 e. The molecule has 0 spiro atoms. The molecule has 2 rings (SSSR count). The molecular formula is C21H23N3O7. The summed E-state index contributed by atoms with van der Waals surface area (Å²) in [7, 11) is 1.51. The molecule has 0 saturated carbocycles. The Balaban J connectivity index is 1.66. The zero-order valence-corrected chi connectivity index (χ0v) is 17.0. The van der Waals surface area contributed by atoms with E-state index >= 15 is 0 Å². The lowest BCUT2D eigenvalue weighted by atomic mass is 10.3. The van der Waals surface area contributed by atoms with Gasteiger partial charge in [-0.3, -0.25) is 14.9 Å². The van der Waals surface area contributed by atoms with E-state index in [1.807, 2.05) is 11.4 Å². The minimum Gasteiger partial charge on any atom is -0.497 e. The van der Waals surface area contributed by atoms with Crippen LogP contribution in [0.1, 0.15) is 6.92 Å². The van der Waals surface area contributed by atoms with Gasteiger partial charge in [-0.2, -0.15) is 0 Å². The van der Waals surface area contributed by atoms with Gasteiger partial charge >= 0.3 is 12.0 Å². The molecule has 0 aromatic heterocycles. The number of hydrogen-bond acceptors (Lipinski definition) is 7. The minimum absolute atomic E-state index is 0.284. The number of imide groups is 1. The molecule has 1 atom stereocenters. The van der Waals surface area contributed by atoms with Gasteiger partial charge in [0.2, 0.25) is 0 Å². The maximum atomic E-state index is 11.9. The predicted molar refractivity (Wildman–Crippen MR) is 111 cm³/mol. The maximum absolute atomic E-state index is 11.9. The topological polar surface area (TPSA) is 132 Å². The van der Waals surface area contributed by atoms with Crippen LogP contribution in [0.4, 0.5) is 10.5 Å². The number of esters is 1. The van der Waals surface area contributed by atoms with Crippen molar-refractivity contribution < 1.29 is 33.4 Å². The summed E-state index contributed by atoms with van der Waals surface area (Å²) >= 11 is 0. The van der Waals surface area contributed by atoms with Crippen LogP contribution >= 0.6 is 0 Å². The molecule has 0 aliphatic carbocycles. The van der Waals surface area contributed by atoms with Gasteiger partial charge in [0.05, 0.1) is 7.11 Å². The highest BCUT2D eigenvalue weighted by Gasteiger charge is 2.19. The number of ether oxygens (including phenoxy) is 3. The van der Waals surface area contributed by atoms with E-state index < -0.39 is 36.5 Å². The van der Waals surface area contributed by atoms with Crippen molar-refractivity contribution in [3.63, 3.8) is 0 Å². The van der Waals surface area contributed by atoms with Crippen LogP contribution in [0.5, 0.6) is 11.5 Å². The average Bonchev–Trinajstić information content (AvgIpc) is 2.77. The molecule has 2 aromatic carbocycles. The standard InChI is InChI=1S/C21H23N3O7/c1-14(22-18(25)12-30-17-6-4-3-5-7-17)20(27)31-13-19(26)24-21(28)23-15-8-10-16(29-2)11-9-15/h3-11,14H,12-13H2,1-2H3,(H,22,25)(H2,23,24,26,28)/t14-/m0/s1. The molecule has 10 nitrogen and oxygen atoms in total. The quantitative estimate of drug-likeness (QED) is 0.514. The van der Waals surface area contributed by atoms with Gasteiger partial charge in [0.15, 0.2) is 13.2 Å². The molecule has 164 valence electrons. The molecule has 31 heavy (non-hydrogen) atoms. The monoisotopic (exact) mass is 429 g/mol. The van der Waals surface area contributed by atoms with Crippen molar-refractivity contribution in [2.45, 2.75) is 13.0 Å². The Bertz CT molecular complexity index is 901. The van der Waals surface area contributed by atoms with E-state index in [4.69, 9.17) is 14.2 Å². The third-order valence-electron chi connectivity index (χ3n) is 3.79. The number of amides is 4. The molecule has 0 saturated heterocycles. The van der Waals surface area contributed by atoms with E-state index in [0.717, 1.165) is 0 Å². The van der Waals surface area contributed by atoms with E-state index in [1.54, 1.807) is 48.5 Å². The highest BCUT2D eigenvalue weighted by atomic mass is 16.5. The van der Waals surface area contributed by atoms with Crippen LogP contribution in [-0.4, -0.2) is 50.2 Å². The van der Waals surface area contributed by atoms with Gasteiger partial charge in [-0.15, -0.1) is 0 Å². The van der Waals surface area contributed by atoms with E-state index in [2.05, 4.69) is 10.6 Å². The van der Waals surface area contributed by atoms with Crippen molar-refractivity contribution in [3.05, 3.63) is 54.6 Å². The fourth-order valence-corrected chi connectivity index (χ4v) is 2.27. The van der Waals surface area contributed by atoms with E-state index in [-0.39, 0.29) is 6.61 Å². The number of carbonyl (C=O) groups is 4. The second-order valence-electron chi connectivity index (χ2n) is 6.23. The summed E-state index contributed by atoms with van der Waals surface area (Å²) in [5.41, 5.74) is 0.442. The molecule has 2 aromatic rings. The Hall–Kier alpha value is -4.08. The Morgan fingerprint density at radius 3 is 2.19 bits per heavy atom. The van der Waals surface area contributed by atoms with Gasteiger partial charge in [0.1, 0.15) is 17.5 Å². The van der Waals surface area contributed by atoms with Crippen LogP contribution < -0.4 is 25.4 Å². The van der Waals surface area contributed by atoms with Gasteiger partial charge < -0.3 is 24.8 Å². The van der Waals surface area contributed by atoms with Crippen LogP contribution in [0, 0.1) is 0 Å². The smallest absolute Gasteiger partial charge is 0.328 e. The minimum atomic E-state index is -1.01. The molecule has 0 bridgehead atoms. The summed E-state index contributed by atoms with van der Waals surface area (Å²) in [6.45, 7) is 0.431. The molecule has 0 fully saturated rings. The molecular weight excluding hydrogens is 406 g/mol. The first-order chi connectivity index (χ1) is 14.9. The number of nitrogens with one attached hydrogen (secondary N) is 3. The van der Waals surface area contributed by atoms with Crippen molar-refractivity contribution in [2.75, 3.05) is 25.6 Å². The Kier molecular flexibility index (Phi) is 8.84. The fourth-order valence-electron chi connectivity index (χ4n) is 2.27. The lowest BCUT2D eigenvalue weighted by Crippen LogP contribution is -2.43. The van der Waals surface area contributed by atoms with Crippen molar-refractivity contribution >= 4 is 29.5 Å². The predicted octanol–water partition coefficient (Wildman–Crippen LogP) is 1.47. The van der Waals surface area contributed by atoms with Crippen LogP contribution in [0.3, 0.4) is 0 Å². The van der Waals surface area contributed by atoms with Crippen LogP contribution in [0.2, 0.25) is 0 Å². The van der Waals surface area contributed by atoms with E-state index in [1.165, 1.54) is 14.0 Å². The molecule has 0 radical (unpaired) electrons. The summed E-state index contributed by atoms with van der Waals surface area (Å²) in [5, 5.41) is 6.87. The first-order valence-corrected chi connectivity index (χ1v) is 9.26. The number of benzene rings is 2. The molecule has 0 aliphatic rings. The van der Waals surface area contributed by atoms with Crippen LogP contribution in [0.25, 0.3) is 0 Å². The van der Waals surface area contributed by atoms with Crippen molar-refractivity contribution in [3.8, 4) is 11.5 Å². The summed E-state index contributed by atoms with van der Waals surface area (Å²) in [6, 6.07) is 13.4. The molecule has 3 N–H and O–H groups in total. The van der Waals surface area contributed by atoms with Gasteiger partial charge in [0.25, 0.3) is 11.8 Å². The number of hydrogen-bond donors (Lipinski definition) is 3. The third-order valence-corrected chi connectivity index (χ3v) is 3.79. The summed E-state index contributed by atoms with van der Waals surface area (Å²) in [6.07, 6.45) is 0. The average molecular weight is 429 g/mol. The summed E-state index contributed by atoms with van der Waals surface area (Å²) in [4.78, 5) is 47.3. The summed E-state index contributed by atoms with van der Waals surface area (Å²) in [5.74, 6) is -1.07. The number of anilines is 1.